The van der Waals surface area contributed by atoms with Gasteiger partial charge < -0.3 is 9.30 Å². The van der Waals surface area contributed by atoms with E-state index < -0.39 is 18.5 Å². The lowest BCUT2D eigenvalue weighted by Crippen LogP contribution is -2.26. The van der Waals surface area contributed by atoms with Crippen LogP contribution < -0.4 is 10.3 Å². The van der Waals surface area contributed by atoms with E-state index in [0.717, 1.165) is 4.57 Å². The summed E-state index contributed by atoms with van der Waals surface area (Å²) in [6.07, 6.45) is -2.63. The van der Waals surface area contributed by atoms with Gasteiger partial charge in [-0.1, -0.05) is 11.6 Å². The Morgan fingerprint density at radius 2 is 2.05 bits per heavy atom. The predicted molar refractivity (Wildman–Crippen MR) is 86.4 cm³/mol. The van der Waals surface area contributed by atoms with Crippen molar-refractivity contribution in [2.75, 3.05) is 7.11 Å². The first-order chi connectivity index (χ1) is 9.93. The van der Waals surface area contributed by atoms with Gasteiger partial charge in [0.1, 0.15) is 5.75 Å². The molecule has 0 spiro atoms. The van der Waals surface area contributed by atoms with Crippen LogP contribution in [0.4, 0.5) is 8.78 Å². The van der Waals surface area contributed by atoms with Crippen molar-refractivity contribution in [3.63, 3.8) is 0 Å². The summed E-state index contributed by atoms with van der Waals surface area (Å²) in [5, 5.41) is 0.331. The first-order valence-electron chi connectivity index (χ1n) is 5.95. The number of ether oxygens (including phenoxy) is 1. The SMILES string of the molecule is COc1ccc(-c2ccc(I)c(=O)n2CC(F)F)c(Cl)c1. The average molecular weight is 426 g/mol. The maximum atomic E-state index is 12.7. The Hall–Kier alpha value is -1.15. The molecule has 0 saturated carbocycles. The number of hydrogen-bond donors (Lipinski definition) is 0. The van der Waals surface area contributed by atoms with Gasteiger partial charge in [0.15, 0.2) is 0 Å². The van der Waals surface area contributed by atoms with E-state index in [0.29, 0.717) is 25.6 Å². The highest BCUT2D eigenvalue weighted by Gasteiger charge is 2.15. The quantitative estimate of drug-likeness (QED) is 0.692. The highest BCUT2D eigenvalue weighted by atomic mass is 127. The van der Waals surface area contributed by atoms with Crippen LogP contribution in [0.2, 0.25) is 5.02 Å². The second-order valence-electron chi connectivity index (χ2n) is 4.22. The monoisotopic (exact) mass is 425 g/mol. The minimum atomic E-state index is -2.63. The van der Waals surface area contributed by atoms with Gasteiger partial charge in [-0.15, -0.1) is 0 Å². The van der Waals surface area contributed by atoms with E-state index in [1.165, 1.54) is 7.11 Å². The topological polar surface area (TPSA) is 31.2 Å². The summed E-state index contributed by atoms with van der Waals surface area (Å²) in [4.78, 5) is 12.1. The zero-order chi connectivity index (χ0) is 15.6. The molecule has 2 rings (SSSR count). The number of rotatable bonds is 4. The fourth-order valence-electron chi connectivity index (χ4n) is 1.94. The Labute approximate surface area is 138 Å². The molecule has 0 aliphatic carbocycles. The Morgan fingerprint density at radius 1 is 1.33 bits per heavy atom. The fourth-order valence-corrected chi connectivity index (χ4v) is 2.67. The predicted octanol–water partition coefficient (Wildman–Crippen LogP) is 4.05. The molecule has 7 heteroatoms. The van der Waals surface area contributed by atoms with E-state index in [9.17, 15) is 13.6 Å². The van der Waals surface area contributed by atoms with Gasteiger partial charge in [0.2, 0.25) is 0 Å². The number of aromatic nitrogens is 1. The van der Waals surface area contributed by atoms with Crippen molar-refractivity contribution < 1.29 is 13.5 Å². The second kappa shape index (κ2) is 6.74. The van der Waals surface area contributed by atoms with Gasteiger partial charge in [-0.3, -0.25) is 4.79 Å². The lowest BCUT2D eigenvalue weighted by Gasteiger charge is -2.14. The van der Waals surface area contributed by atoms with E-state index in [4.69, 9.17) is 16.3 Å². The van der Waals surface area contributed by atoms with Gasteiger partial charge in [-0.2, -0.15) is 0 Å². The van der Waals surface area contributed by atoms with Gasteiger partial charge in [-0.25, -0.2) is 8.78 Å². The minimum absolute atomic E-state index is 0.331. The van der Waals surface area contributed by atoms with Crippen molar-refractivity contribution in [3.8, 4) is 17.0 Å². The Balaban J connectivity index is 2.63. The Bertz CT molecular complexity index is 719. The Morgan fingerprint density at radius 3 is 2.62 bits per heavy atom. The summed E-state index contributed by atoms with van der Waals surface area (Å²) < 4.78 is 31.9. The summed E-state index contributed by atoms with van der Waals surface area (Å²) in [5.41, 5.74) is 0.403. The number of alkyl halides is 2. The zero-order valence-electron chi connectivity index (χ0n) is 10.9. The standard InChI is InChI=1S/C14H11ClF2INO2/c1-21-8-2-3-9(10(15)6-8)12-5-4-11(18)14(20)19(12)7-13(16)17/h2-6,13H,7H2,1H3. The van der Waals surface area contributed by atoms with Crippen molar-refractivity contribution in [1.29, 1.82) is 0 Å². The molecule has 112 valence electrons. The molecule has 1 aromatic heterocycles. The molecule has 1 aromatic carbocycles. The molecule has 0 fully saturated rings. The van der Waals surface area contributed by atoms with E-state index in [1.54, 1.807) is 30.3 Å². The van der Waals surface area contributed by atoms with E-state index in [2.05, 4.69) is 0 Å². The van der Waals surface area contributed by atoms with Crippen molar-refractivity contribution in [3.05, 3.63) is 49.3 Å². The number of methoxy groups -OCH3 is 1. The van der Waals surface area contributed by atoms with E-state index in [-0.39, 0.29) is 0 Å². The first-order valence-corrected chi connectivity index (χ1v) is 7.41. The third kappa shape index (κ3) is 3.55. The normalized spacial score (nSPS) is 11.0. The largest absolute Gasteiger partial charge is 0.497 e. The van der Waals surface area contributed by atoms with Crippen molar-refractivity contribution >= 4 is 34.2 Å². The molecule has 2 aromatic rings. The molecule has 21 heavy (non-hydrogen) atoms. The second-order valence-corrected chi connectivity index (χ2v) is 5.79. The summed E-state index contributed by atoms with van der Waals surface area (Å²) in [5.74, 6) is 0.553. The van der Waals surface area contributed by atoms with Crippen LogP contribution in [0.5, 0.6) is 5.75 Å². The highest BCUT2D eigenvalue weighted by Crippen LogP contribution is 2.31. The van der Waals surface area contributed by atoms with Gasteiger partial charge in [0, 0.05) is 5.56 Å². The van der Waals surface area contributed by atoms with Crippen LogP contribution in [0.3, 0.4) is 0 Å². The van der Waals surface area contributed by atoms with Crippen LogP contribution in [0, 0.1) is 3.57 Å². The van der Waals surface area contributed by atoms with Crippen molar-refractivity contribution in [2.45, 2.75) is 13.0 Å². The molecule has 1 heterocycles. The number of nitrogens with zero attached hydrogens (tertiary/aromatic N) is 1. The van der Waals surface area contributed by atoms with Crippen LogP contribution in [0.1, 0.15) is 0 Å². The third-order valence-corrected chi connectivity index (χ3v) is 4.03. The maximum absolute atomic E-state index is 12.7. The number of halogens is 4. The molecule has 0 atom stereocenters. The Kier molecular flexibility index (Phi) is 5.21. The van der Waals surface area contributed by atoms with E-state index in [1.807, 2.05) is 22.6 Å². The van der Waals surface area contributed by atoms with Gasteiger partial charge in [0.25, 0.3) is 12.0 Å². The summed E-state index contributed by atoms with van der Waals surface area (Å²) in [6.45, 7) is -0.673. The molecule has 0 aliphatic heterocycles. The van der Waals surface area contributed by atoms with Gasteiger partial charge >= 0.3 is 0 Å². The zero-order valence-corrected chi connectivity index (χ0v) is 13.9. The lowest BCUT2D eigenvalue weighted by molar-refractivity contribution is 0.125. The minimum Gasteiger partial charge on any atom is -0.497 e. The van der Waals surface area contributed by atoms with Gasteiger partial charge in [0.05, 0.1) is 27.9 Å². The van der Waals surface area contributed by atoms with Crippen molar-refractivity contribution in [2.24, 2.45) is 0 Å². The van der Waals surface area contributed by atoms with Crippen molar-refractivity contribution in [1.82, 2.24) is 4.57 Å². The molecule has 3 nitrogen and oxygen atoms in total. The summed E-state index contributed by atoms with van der Waals surface area (Å²) in [7, 11) is 1.50. The smallest absolute Gasteiger partial charge is 0.264 e. The summed E-state index contributed by atoms with van der Waals surface area (Å²) in [6, 6.07) is 8.08. The third-order valence-electron chi connectivity index (χ3n) is 2.90. The van der Waals surface area contributed by atoms with Crippen LogP contribution in [0.15, 0.2) is 35.1 Å². The van der Waals surface area contributed by atoms with Gasteiger partial charge in [-0.05, 0) is 52.9 Å². The molecule has 0 N–H and O–H groups in total. The first kappa shape index (κ1) is 16.2. The molecule has 0 saturated heterocycles. The molecule has 0 aliphatic rings. The van der Waals surface area contributed by atoms with E-state index >= 15 is 0 Å². The van der Waals surface area contributed by atoms with Crippen LogP contribution in [0.25, 0.3) is 11.3 Å². The molecular formula is C14H11ClF2INO2. The summed E-state index contributed by atoms with van der Waals surface area (Å²) >= 11 is 7.98. The average Bonchev–Trinajstić information content (AvgIpc) is 2.44. The van der Waals surface area contributed by atoms with Crippen LogP contribution in [-0.2, 0) is 6.54 Å². The molecule has 0 radical (unpaired) electrons. The number of hydrogen-bond acceptors (Lipinski definition) is 2. The van der Waals surface area contributed by atoms with Crippen LogP contribution >= 0.6 is 34.2 Å². The molecule has 0 bridgehead atoms. The fraction of sp³-hybridized carbons (Fsp3) is 0.214. The van der Waals surface area contributed by atoms with Crippen LogP contribution in [-0.4, -0.2) is 18.1 Å². The maximum Gasteiger partial charge on any atom is 0.264 e. The number of benzene rings is 1. The molecular weight excluding hydrogens is 415 g/mol. The molecule has 0 amide bonds. The molecule has 0 unspecified atom stereocenters. The number of pyridine rings is 1. The highest BCUT2D eigenvalue weighted by molar-refractivity contribution is 14.1. The lowest BCUT2D eigenvalue weighted by atomic mass is 10.1.